The summed E-state index contributed by atoms with van der Waals surface area (Å²) >= 11 is 5.91. The van der Waals surface area contributed by atoms with Gasteiger partial charge in [0.2, 0.25) is 5.91 Å². The Labute approximate surface area is 171 Å². The molecular weight excluding hydrogens is 380 g/mol. The Bertz CT molecular complexity index is 786. The number of carbonyl (C=O) groups is 2. The van der Waals surface area contributed by atoms with E-state index in [-0.39, 0.29) is 24.4 Å². The van der Waals surface area contributed by atoms with Gasteiger partial charge in [-0.15, -0.1) is 0 Å². The third-order valence-corrected chi connectivity index (χ3v) is 4.59. The lowest BCUT2D eigenvalue weighted by Crippen LogP contribution is -2.46. The Morgan fingerprint density at radius 3 is 2.36 bits per heavy atom. The Kier molecular flexibility index (Phi) is 8.08. The number of benzene rings is 1. The summed E-state index contributed by atoms with van der Waals surface area (Å²) in [4.78, 5) is 29.1. The van der Waals surface area contributed by atoms with E-state index in [2.05, 4.69) is 0 Å². The minimum Gasteiger partial charge on any atom is -0.464 e. The maximum Gasteiger partial charge on any atom is 0.254 e. The topological polar surface area (TPSA) is 63.0 Å². The summed E-state index contributed by atoms with van der Waals surface area (Å²) in [5, 5.41) is 0.559. The van der Waals surface area contributed by atoms with Crippen LogP contribution in [0.1, 0.15) is 35.7 Å². The fraction of sp³-hybridized carbons (Fsp3) is 0.429. The molecule has 0 saturated heterocycles. The molecule has 28 heavy (non-hydrogen) atoms. The number of hydrogen-bond acceptors (Lipinski definition) is 4. The van der Waals surface area contributed by atoms with Crippen LogP contribution in [0.2, 0.25) is 5.02 Å². The van der Waals surface area contributed by atoms with Gasteiger partial charge in [0.05, 0.1) is 13.2 Å². The predicted molar refractivity (Wildman–Crippen MR) is 108 cm³/mol. The Morgan fingerprint density at radius 2 is 1.82 bits per heavy atom. The molecule has 1 heterocycles. The molecule has 1 aromatic heterocycles. The number of methoxy groups -OCH3 is 1. The van der Waals surface area contributed by atoms with Crippen molar-refractivity contribution in [3.63, 3.8) is 0 Å². The standard InChI is InChI=1S/C21H27ClN2O4/c1-15(2)24(21(26)17-6-8-18(22)9-7-17)14-20(25)23(11-12-27-4)13-19-10-5-16(3)28-19/h5-10,15H,11-14H2,1-4H3. The maximum absolute atomic E-state index is 13.0. The Hall–Kier alpha value is -2.31. The molecule has 2 aromatic rings. The lowest BCUT2D eigenvalue weighted by molar-refractivity contribution is -0.133. The highest BCUT2D eigenvalue weighted by atomic mass is 35.5. The van der Waals surface area contributed by atoms with Crippen molar-refractivity contribution in [1.82, 2.24) is 9.80 Å². The molecule has 0 aliphatic heterocycles. The van der Waals surface area contributed by atoms with Crippen molar-refractivity contribution in [2.45, 2.75) is 33.4 Å². The highest BCUT2D eigenvalue weighted by Gasteiger charge is 2.25. The van der Waals surface area contributed by atoms with Gasteiger partial charge in [0.15, 0.2) is 0 Å². The average Bonchev–Trinajstić information content (AvgIpc) is 3.07. The number of rotatable bonds is 9. The second-order valence-corrected chi connectivity index (χ2v) is 7.29. The zero-order valence-electron chi connectivity index (χ0n) is 16.8. The molecule has 7 heteroatoms. The van der Waals surface area contributed by atoms with E-state index >= 15 is 0 Å². The summed E-state index contributed by atoms with van der Waals surface area (Å²) in [6.07, 6.45) is 0. The molecule has 6 nitrogen and oxygen atoms in total. The molecule has 2 rings (SSSR count). The van der Waals surface area contributed by atoms with Crippen LogP contribution in [0.3, 0.4) is 0 Å². The normalized spacial score (nSPS) is 10.9. The summed E-state index contributed by atoms with van der Waals surface area (Å²) in [6, 6.07) is 10.2. The summed E-state index contributed by atoms with van der Waals surface area (Å²) in [5.41, 5.74) is 0.496. The minimum atomic E-state index is -0.208. The molecule has 2 amide bonds. The second kappa shape index (κ2) is 10.3. The smallest absolute Gasteiger partial charge is 0.254 e. The van der Waals surface area contributed by atoms with Gasteiger partial charge in [0.25, 0.3) is 5.91 Å². The maximum atomic E-state index is 13.0. The molecule has 0 aliphatic rings. The van der Waals surface area contributed by atoms with Crippen LogP contribution in [0, 0.1) is 6.92 Å². The van der Waals surface area contributed by atoms with Crippen LogP contribution < -0.4 is 0 Å². The van der Waals surface area contributed by atoms with Crippen molar-refractivity contribution in [1.29, 1.82) is 0 Å². The van der Waals surface area contributed by atoms with Crippen LogP contribution in [0.5, 0.6) is 0 Å². The molecule has 0 saturated carbocycles. The Balaban J connectivity index is 2.14. The van der Waals surface area contributed by atoms with Crippen molar-refractivity contribution in [2.75, 3.05) is 26.8 Å². The molecule has 0 radical (unpaired) electrons. The van der Waals surface area contributed by atoms with Gasteiger partial charge in [-0.05, 0) is 57.2 Å². The van der Waals surface area contributed by atoms with Crippen molar-refractivity contribution in [3.05, 3.63) is 58.5 Å². The number of ether oxygens (including phenoxy) is 1. The van der Waals surface area contributed by atoms with Crippen molar-refractivity contribution >= 4 is 23.4 Å². The molecule has 0 aliphatic carbocycles. The summed E-state index contributed by atoms with van der Waals surface area (Å²) in [6.45, 7) is 6.75. The van der Waals surface area contributed by atoms with E-state index in [1.807, 2.05) is 32.9 Å². The molecule has 0 spiro atoms. The molecule has 0 fully saturated rings. The number of amides is 2. The van der Waals surface area contributed by atoms with E-state index in [1.165, 1.54) is 0 Å². The highest BCUT2D eigenvalue weighted by molar-refractivity contribution is 6.30. The fourth-order valence-corrected chi connectivity index (χ4v) is 2.87. The van der Waals surface area contributed by atoms with Crippen LogP contribution in [-0.4, -0.2) is 54.5 Å². The zero-order chi connectivity index (χ0) is 20.7. The van der Waals surface area contributed by atoms with Gasteiger partial charge in [0, 0.05) is 30.3 Å². The quantitative estimate of drug-likeness (QED) is 0.636. The van der Waals surface area contributed by atoms with Gasteiger partial charge >= 0.3 is 0 Å². The molecule has 0 atom stereocenters. The minimum absolute atomic E-state index is 0.0253. The molecule has 152 valence electrons. The average molecular weight is 407 g/mol. The third kappa shape index (κ3) is 6.11. The number of nitrogens with zero attached hydrogens (tertiary/aromatic N) is 2. The molecule has 0 bridgehead atoms. The number of carbonyl (C=O) groups excluding carboxylic acids is 2. The molecule has 0 unspecified atom stereocenters. The first-order chi connectivity index (χ1) is 13.3. The third-order valence-electron chi connectivity index (χ3n) is 4.34. The monoisotopic (exact) mass is 406 g/mol. The largest absolute Gasteiger partial charge is 0.464 e. The van der Waals surface area contributed by atoms with Crippen molar-refractivity contribution in [2.24, 2.45) is 0 Å². The molecular formula is C21H27ClN2O4. The van der Waals surface area contributed by atoms with Crippen LogP contribution >= 0.6 is 11.6 Å². The van der Waals surface area contributed by atoms with Crippen LogP contribution in [0.25, 0.3) is 0 Å². The number of aryl methyl sites for hydroxylation is 1. The van der Waals surface area contributed by atoms with E-state index in [9.17, 15) is 9.59 Å². The SMILES string of the molecule is COCCN(Cc1ccc(C)o1)C(=O)CN(C(=O)c1ccc(Cl)cc1)C(C)C. The number of halogens is 1. The van der Waals surface area contributed by atoms with Crippen LogP contribution in [0.15, 0.2) is 40.8 Å². The zero-order valence-corrected chi connectivity index (χ0v) is 17.5. The van der Waals surface area contributed by atoms with Gasteiger partial charge in [-0.1, -0.05) is 11.6 Å². The lowest BCUT2D eigenvalue weighted by Gasteiger charge is -2.30. The van der Waals surface area contributed by atoms with Crippen molar-refractivity contribution < 1.29 is 18.7 Å². The van der Waals surface area contributed by atoms with Gasteiger partial charge in [-0.2, -0.15) is 0 Å². The Morgan fingerprint density at radius 1 is 1.14 bits per heavy atom. The second-order valence-electron chi connectivity index (χ2n) is 6.85. The van der Waals surface area contributed by atoms with Gasteiger partial charge < -0.3 is 19.0 Å². The number of furan rings is 1. The van der Waals surface area contributed by atoms with E-state index in [1.54, 1.807) is 41.2 Å². The fourth-order valence-electron chi connectivity index (χ4n) is 2.74. The summed E-state index contributed by atoms with van der Waals surface area (Å²) in [7, 11) is 1.59. The van der Waals surface area contributed by atoms with Gasteiger partial charge in [-0.3, -0.25) is 9.59 Å². The first-order valence-corrected chi connectivity index (χ1v) is 9.58. The summed E-state index contributed by atoms with van der Waals surface area (Å²) < 4.78 is 10.7. The highest BCUT2D eigenvalue weighted by Crippen LogP contribution is 2.15. The molecule has 1 aromatic carbocycles. The molecule has 0 N–H and O–H groups in total. The van der Waals surface area contributed by atoms with E-state index in [4.69, 9.17) is 20.8 Å². The predicted octanol–water partition coefficient (Wildman–Crippen LogP) is 3.77. The van der Waals surface area contributed by atoms with Crippen LogP contribution in [-0.2, 0) is 16.1 Å². The first-order valence-electron chi connectivity index (χ1n) is 9.20. The lowest BCUT2D eigenvalue weighted by atomic mass is 10.1. The van der Waals surface area contributed by atoms with Crippen molar-refractivity contribution in [3.8, 4) is 0 Å². The van der Waals surface area contributed by atoms with Gasteiger partial charge in [0.1, 0.15) is 18.1 Å². The number of hydrogen-bond donors (Lipinski definition) is 0. The van der Waals surface area contributed by atoms with Gasteiger partial charge in [-0.25, -0.2) is 0 Å². The summed E-state index contributed by atoms with van der Waals surface area (Å²) in [5.74, 6) is 1.11. The van der Waals surface area contributed by atoms with E-state index in [0.29, 0.717) is 36.0 Å². The van der Waals surface area contributed by atoms with E-state index in [0.717, 1.165) is 5.76 Å². The first kappa shape index (κ1) is 22.0. The van der Waals surface area contributed by atoms with E-state index < -0.39 is 0 Å². The van der Waals surface area contributed by atoms with Crippen LogP contribution in [0.4, 0.5) is 0 Å².